The maximum Gasteiger partial charge on any atom is 0.326 e. The highest BCUT2D eigenvalue weighted by atomic mass is 16.4. The number of benzene rings is 1. The van der Waals surface area contributed by atoms with E-state index in [9.17, 15) is 67.7 Å². The monoisotopic (exact) mass is 1320 g/mol. The van der Waals surface area contributed by atoms with Gasteiger partial charge in [0, 0.05) is 32.5 Å². The summed E-state index contributed by atoms with van der Waals surface area (Å²) in [5, 5.41) is 40.8. The molecule has 1 saturated heterocycles. The standard InChI is InChI=1S/C58H101N21O14/c1-32(2)46(64)54(90)78-42(31-45(63)82)55(91)79-29-11-17-43(79)53(89)75-37(14-5-8-26-61)50(86)77-41(30-33-18-20-34(80)21-19-33)52(88)73-36(13-4-7-25-60)48(84)74-39(22-23-44(62)81)51(87)71-35(12-3-6-24-59)47(83)72-38(15-9-27-69-57(65)66)49(85)76-40(56(92)93)16-10-28-70-58(67)68/h18-21,32,35-43,46,80H,3-17,22-31,59-61,64H2,1-2H3,(H2,62,81)(H2,63,82)(H,71,87)(H,72,83)(H,73,88)(H,74,84)(H,75,89)(H,76,85)(H,77,86)(H,78,90)(H,92,93)(H4,65,66,69)(H4,67,68,70)/t35-,36-,37-,38-,39-,40-,41-,42-,43-,46-/m0/s1. The molecule has 35 heteroatoms. The Morgan fingerprint density at radius 2 is 0.892 bits per heavy atom. The van der Waals surface area contributed by atoms with Crippen LogP contribution in [0.1, 0.15) is 135 Å². The van der Waals surface area contributed by atoms with Crippen molar-refractivity contribution in [3.8, 4) is 5.75 Å². The smallest absolute Gasteiger partial charge is 0.326 e. The fraction of sp³-hybridized carbons (Fsp3) is 0.655. The van der Waals surface area contributed by atoms with E-state index < -0.39 is 151 Å². The van der Waals surface area contributed by atoms with Gasteiger partial charge in [0.2, 0.25) is 65.0 Å². The van der Waals surface area contributed by atoms with Crippen molar-refractivity contribution >= 4 is 82.9 Å². The molecule has 30 N–H and O–H groups in total. The highest BCUT2D eigenvalue weighted by Crippen LogP contribution is 2.21. The van der Waals surface area contributed by atoms with Crippen LogP contribution < -0.4 is 99.9 Å². The zero-order valence-corrected chi connectivity index (χ0v) is 53.2. The Morgan fingerprint density at radius 1 is 0.505 bits per heavy atom. The molecular formula is C58H101N21O14. The summed E-state index contributed by atoms with van der Waals surface area (Å²) in [6.45, 7) is 4.04. The minimum Gasteiger partial charge on any atom is -0.508 e. The number of primary amides is 2. The molecule has 0 aromatic heterocycles. The van der Waals surface area contributed by atoms with Crippen molar-refractivity contribution in [2.45, 2.75) is 196 Å². The molecule has 1 aliphatic rings. The molecule has 1 aromatic rings. The summed E-state index contributed by atoms with van der Waals surface area (Å²) >= 11 is 0. The third kappa shape index (κ3) is 30.8. The lowest BCUT2D eigenvalue weighted by atomic mass is 10.0. The second-order valence-electron chi connectivity index (χ2n) is 23.1. The van der Waals surface area contributed by atoms with Gasteiger partial charge in [0.15, 0.2) is 11.9 Å². The van der Waals surface area contributed by atoms with Crippen LogP contribution in [0.15, 0.2) is 34.3 Å². The number of carbonyl (C=O) groups excluding carboxylic acids is 11. The summed E-state index contributed by atoms with van der Waals surface area (Å²) in [5.41, 5.74) is 56.6. The van der Waals surface area contributed by atoms with E-state index in [0.29, 0.717) is 37.7 Å². The molecule has 0 radical (unpaired) electrons. The van der Waals surface area contributed by atoms with Gasteiger partial charge in [0.05, 0.1) is 12.5 Å². The Morgan fingerprint density at radius 3 is 1.30 bits per heavy atom. The number of guanidine groups is 2. The van der Waals surface area contributed by atoms with Crippen LogP contribution in [-0.4, -0.2) is 198 Å². The molecule has 35 nitrogen and oxygen atoms in total. The number of unbranched alkanes of at least 4 members (excludes halogenated alkanes) is 3. The summed E-state index contributed by atoms with van der Waals surface area (Å²) in [4.78, 5) is 173. The minimum atomic E-state index is -1.62. The number of hydrogen-bond donors (Lipinski definition) is 20. The van der Waals surface area contributed by atoms with Gasteiger partial charge >= 0.3 is 5.97 Å². The SMILES string of the molecule is CC(C)[C@H](N)C(=O)N[C@@H](CC(N)=O)C(=O)N1CCC[C@H]1C(=O)N[C@@H](CCCCN)C(=O)N[C@@H](Cc1ccc(O)cc1)C(=O)N[C@@H](CCCCN)C(=O)N[C@@H](CCC(N)=O)C(=O)N[C@@H](CCCCN)C(=O)N[C@@H](CCCN=C(N)N)C(=O)N[C@@H](CCCN=C(N)N)C(=O)O. The molecule has 93 heavy (non-hydrogen) atoms. The number of nitrogens with two attached hydrogens (primary N) is 10. The number of hydrogen-bond acceptors (Lipinski definition) is 19. The van der Waals surface area contributed by atoms with E-state index >= 15 is 0 Å². The Kier molecular flexibility index (Phi) is 37.0. The number of phenolic OH excluding ortho intramolecular Hbond substituents is 1. The van der Waals surface area contributed by atoms with Crippen molar-refractivity contribution in [1.29, 1.82) is 0 Å². The van der Waals surface area contributed by atoms with Crippen LogP contribution in [0, 0.1) is 5.92 Å². The lowest BCUT2D eigenvalue weighted by Gasteiger charge is -2.30. The molecule has 0 spiro atoms. The molecule has 0 bridgehead atoms. The van der Waals surface area contributed by atoms with Gasteiger partial charge in [-0.25, -0.2) is 4.79 Å². The van der Waals surface area contributed by atoms with Crippen LogP contribution in [0.5, 0.6) is 5.75 Å². The lowest BCUT2D eigenvalue weighted by Crippen LogP contribution is -2.61. The maximum absolute atomic E-state index is 14.7. The van der Waals surface area contributed by atoms with E-state index in [0.717, 1.165) is 0 Å². The number of rotatable bonds is 46. The molecule has 1 aromatic carbocycles. The molecule has 10 atom stereocenters. The summed E-state index contributed by atoms with van der Waals surface area (Å²) in [6, 6.07) is -8.34. The number of nitrogens with zero attached hydrogens (tertiary/aromatic N) is 3. The highest BCUT2D eigenvalue weighted by Gasteiger charge is 2.41. The van der Waals surface area contributed by atoms with Crippen LogP contribution in [0.4, 0.5) is 0 Å². The van der Waals surface area contributed by atoms with Crippen molar-refractivity contribution < 1.29 is 67.7 Å². The number of aliphatic carboxylic acids is 1. The third-order valence-corrected chi connectivity index (χ3v) is 15.1. The van der Waals surface area contributed by atoms with Gasteiger partial charge in [-0.05, 0) is 146 Å². The van der Waals surface area contributed by atoms with Gasteiger partial charge in [0.25, 0.3) is 0 Å². The average Bonchev–Trinajstić information content (AvgIpc) is 1.79. The summed E-state index contributed by atoms with van der Waals surface area (Å²) in [7, 11) is 0. The number of carbonyl (C=O) groups is 12. The average molecular weight is 1320 g/mol. The Hall–Kier alpha value is -8.96. The number of likely N-dealkylation sites (tertiary alicyclic amines) is 1. The molecular weight excluding hydrogens is 1210 g/mol. The number of carboxylic acid groups (broad SMARTS) is 1. The van der Waals surface area contributed by atoms with E-state index in [1.807, 2.05) is 0 Å². The molecule has 11 amide bonds. The van der Waals surface area contributed by atoms with E-state index in [2.05, 4.69) is 52.5 Å². The third-order valence-electron chi connectivity index (χ3n) is 15.1. The van der Waals surface area contributed by atoms with Crippen LogP contribution in [0.3, 0.4) is 0 Å². The summed E-state index contributed by atoms with van der Waals surface area (Å²) in [5.74, 6) is -12.0. The Labute approximate surface area is 540 Å². The quantitative estimate of drug-likeness (QED) is 0.0164. The van der Waals surface area contributed by atoms with E-state index in [-0.39, 0.29) is 133 Å². The fourth-order valence-corrected chi connectivity index (χ4v) is 9.83. The first-order valence-electron chi connectivity index (χ1n) is 31.3. The first-order valence-corrected chi connectivity index (χ1v) is 31.3. The number of aromatic hydroxyl groups is 1. The van der Waals surface area contributed by atoms with Crippen LogP contribution >= 0.6 is 0 Å². The number of aliphatic imine (C=N–C) groups is 2. The minimum absolute atomic E-state index is 0.00731. The molecule has 1 fully saturated rings. The Bertz CT molecular complexity index is 2690. The number of amides is 11. The zero-order chi connectivity index (χ0) is 69.7. The molecule has 0 aliphatic carbocycles. The largest absolute Gasteiger partial charge is 0.508 e. The lowest BCUT2D eigenvalue weighted by molar-refractivity contribution is -0.143. The van der Waals surface area contributed by atoms with Crippen LogP contribution in [-0.2, 0) is 64.0 Å². The van der Waals surface area contributed by atoms with Gasteiger partial charge in [-0.15, -0.1) is 0 Å². The second kappa shape index (κ2) is 43.0. The molecule has 0 saturated carbocycles. The van der Waals surface area contributed by atoms with Crippen molar-refractivity contribution in [3.05, 3.63) is 29.8 Å². The van der Waals surface area contributed by atoms with Crippen molar-refractivity contribution in [3.63, 3.8) is 0 Å². The summed E-state index contributed by atoms with van der Waals surface area (Å²) in [6.07, 6.45) is 0.438. The van der Waals surface area contributed by atoms with Gasteiger partial charge < -0.3 is 115 Å². The van der Waals surface area contributed by atoms with Gasteiger partial charge in [-0.1, -0.05) is 26.0 Å². The summed E-state index contributed by atoms with van der Waals surface area (Å²) < 4.78 is 0. The second-order valence-corrected chi connectivity index (χ2v) is 23.1. The number of nitrogens with one attached hydrogen (secondary N) is 8. The zero-order valence-electron chi connectivity index (χ0n) is 53.2. The fourth-order valence-electron chi connectivity index (χ4n) is 9.83. The number of phenols is 1. The van der Waals surface area contributed by atoms with E-state index in [4.69, 9.17) is 57.3 Å². The van der Waals surface area contributed by atoms with Crippen molar-refractivity contribution in [2.24, 2.45) is 73.2 Å². The highest BCUT2D eigenvalue weighted by molar-refractivity contribution is 5.99. The van der Waals surface area contributed by atoms with Gasteiger partial charge in [-0.2, -0.15) is 0 Å². The van der Waals surface area contributed by atoms with Crippen LogP contribution in [0.2, 0.25) is 0 Å². The first kappa shape index (κ1) is 80.1. The predicted octanol–water partition coefficient (Wildman–Crippen LogP) is -6.49. The molecule has 2 rings (SSSR count). The molecule has 522 valence electrons. The normalized spacial score (nSPS) is 15.6. The van der Waals surface area contributed by atoms with Crippen molar-refractivity contribution in [1.82, 2.24) is 47.4 Å². The number of carboxylic acids is 1. The van der Waals surface area contributed by atoms with E-state index in [1.165, 1.54) is 29.2 Å². The Balaban J connectivity index is 2.58. The molecule has 1 aliphatic heterocycles. The maximum atomic E-state index is 14.7. The van der Waals surface area contributed by atoms with Gasteiger partial charge in [0.1, 0.15) is 60.1 Å². The molecule has 1 heterocycles. The molecule has 0 unspecified atom stereocenters. The van der Waals surface area contributed by atoms with Crippen molar-refractivity contribution in [2.75, 3.05) is 39.3 Å². The van der Waals surface area contributed by atoms with E-state index in [1.54, 1.807) is 13.8 Å². The van der Waals surface area contributed by atoms with Crippen LogP contribution in [0.25, 0.3) is 0 Å². The first-order chi connectivity index (χ1) is 44.0. The van der Waals surface area contributed by atoms with Gasteiger partial charge in [-0.3, -0.25) is 62.7 Å². The predicted molar refractivity (Wildman–Crippen MR) is 343 cm³/mol. The topological polar surface area (TPSA) is 630 Å².